The molecule has 1 saturated carbocycles. The molecule has 0 aromatic heterocycles. The number of nitrogens with one attached hydrogen (secondary N) is 1. The Morgan fingerprint density at radius 3 is 2.37 bits per heavy atom. The van der Waals surface area contributed by atoms with Gasteiger partial charge in [-0.15, -0.1) is 0 Å². The van der Waals surface area contributed by atoms with Crippen LogP contribution >= 0.6 is 39.1 Å². The Kier molecular flexibility index (Phi) is 10.4. The summed E-state index contributed by atoms with van der Waals surface area (Å²) >= 11 is 16.2. The number of aryl methyl sites for hydroxylation is 1. The number of anilines is 1. The number of halogens is 3. The SMILES string of the molecule is Cc1ccc(S(=O)(=O)N(CC(=O)N(Cc2cccc(Br)c2)[C@H](C)C(=O)NC2CCCC2)c2cc(Cl)ccc2Cl)cc1. The minimum absolute atomic E-state index is 0.00231. The lowest BCUT2D eigenvalue weighted by Gasteiger charge is -2.32. The van der Waals surface area contributed by atoms with Gasteiger partial charge in [0.05, 0.1) is 15.6 Å². The quantitative estimate of drug-likeness (QED) is 0.257. The molecular formula is C30H32BrCl2N3O4S. The summed E-state index contributed by atoms with van der Waals surface area (Å²) in [6.07, 6.45) is 3.89. The fourth-order valence-corrected chi connectivity index (χ4v) is 7.14. The van der Waals surface area contributed by atoms with Gasteiger partial charge in [0.25, 0.3) is 10.0 Å². The highest BCUT2D eigenvalue weighted by molar-refractivity contribution is 9.10. The third-order valence-corrected chi connectivity index (χ3v) is 10.00. The smallest absolute Gasteiger partial charge is 0.264 e. The van der Waals surface area contributed by atoms with Gasteiger partial charge in [-0.3, -0.25) is 13.9 Å². The molecule has 0 heterocycles. The lowest BCUT2D eigenvalue weighted by atomic mass is 10.1. The van der Waals surface area contributed by atoms with E-state index in [2.05, 4.69) is 21.2 Å². The molecule has 41 heavy (non-hydrogen) atoms. The fourth-order valence-electron chi connectivity index (χ4n) is 4.83. The van der Waals surface area contributed by atoms with Gasteiger partial charge in [0, 0.05) is 22.1 Å². The van der Waals surface area contributed by atoms with Crippen molar-refractivity contribution in [2.75, 3.05) is 10.8 Å². The van der Waals surface area contributed by atoms with E-state index in [0.29, 0.717) is 0 Å². The van der Waals surface area contributed by atoms with Crippen LogP contribution < -0.4 is 9.62 Å². The minimum atomic E-state index is -4.25. The summed E-state index contributed by atoms with van der Waals surface area (Å²) in [4.78, 5) is 28.8. The summed E-state index contributed by atoms with van der Waals surface area (Å²) in [6.45, 7) is 3.01. The molecule has 1 atom stereocenters. The zero-order valence-corrected chi connectivity index (χ0v) is 26.7. The number of hydrogen-bond acceptors (Lipinski definition) is 4. The summed E-state index contributed by atoms with van der Waals surface area (Å²) < 4.78 is 29.7. The Balaban J connectivity index is 1.72. The number of benzene rings is 3. The molecule has 0 radical (unpaired) electrons. The van der Waals surface area contributed by atoms with Gasteiger partial charge in [0.2, 0.25) is 11.8 Å². The zero-order chi connectivity index (χ0) is 29.7. The van der Waals surface area contributed by atoms with E-state index in [4.69, 9.17) is 23.2 Å². The van der Waals surface area contributed by atoms with Crippen LogP contribution in [0.25, 0.3) is 0 Å². The van der Waals surface area contributed by atoms with E-state index in [1.807, 2.05) is 31.2 Å². The standard InChI is InChI=1S/C30H32BrCl2N3O4S/c1-20-10-13-26(14-11-20)41(39,40)36(28-17-24(32)12-15-27(28)33)19-29(37)35(18-22-6-5-7-23(31)16-22)21(2)30(38)34-25-8-3-4-9-25/h5-7,10-17,21,25H,3-4,8-9,18-19H2,1-2H3,(H,34,38)/t21-/m1/s1. The summed E-state index contributed by atoms with van der Waals surface area (Å²) in [6, 6.07) is 17.4. The van der Waals surface area contributed by atoms with Crippen LogP contribution in [0.1, 0.15) is 43.7 Å². The second-order valence-electron chi connectivity index (χ2n) is 10.2. The normalized spacial score (nSPS) is 14.5. The van der Waals surface area contributed by atoms with Gasteiger partial charge in [-0.2, -0.15) is 0 Å². The summed E-state index contributed by atoms with van der Waals surface area (Å²) in [5.74, 6) is -0.847. The van der Waals surface area contributed by atoms with Crippen molar-refractivity contribution in [3.05, 3.63) is 92.4 Å². The van der Waals surface area contributed by atoms with E-state index in [9.17, 15) is 18.0 Å². The predicted molar refractivity (Wildman–Crippen MR) is 167 cm³/mol. The minimum Gasteiger partial charge on any atom is -0.352 e. The molecule has 0 bridgehead atoms. The van der Waals surface area contributed by atoms with Crippen molar-refractivity contribution in [2.45, 2.75) is 63.1 Å². The predicted octanol–water partition coefficient (Wildman–Crippen LogP) is 6.74. The Hall–Kier alpha value is -2.59. The Labute approximate surface area is 260 Å². The number of hydrogen-bond donors (Lipinski definition) is 1. The molecule has 4 rings (SSSR count). The van der Waals surface area contributed by atoms with E-state index in [1.54, 1.807) is 25.1 Å². The highest BCUT2D eigenvalue weighted by Crippen LogP contribution is 2.33. The fraction of sp³-hybridized carbons (Fsp3) is 0.333. The lowest BCUT2D eigenvalue weighted by Crippen LogP contribution is -2.52. The van der Waals surface area contributed by atoms with Gasteiger partial charge < -0.3 is 10.2 Å². The van der Waals surface area contributed by atoms with Crippen molar-refractivity contribution in [2.24, 2.45) is 0 Å². The first-order chi connectivity index (χ1) is 19.5. The second-order valence-corrected chi connectivity index (χ2v) is 13.9. The van der Waals surface area contributed by atoms with Gasteiger partial charge >= 0.3 is 0 Å². The first kappa shape index (κ1) is 31.3. The number of carbonyl (C=O) groups is 2. The topological polar surface area (TPSA) is 86.8 Å². The van der Waals surface area contributed by atoms with Crippen molar-refractivity contribution in [1.29, 1.82) is 0 Å². The molecule has 1 fully saturated rings. The van der Waals surface area contributed by atoms with Crippen LogP contribution in [-0.2, 0) is 26.2 Å². The van der Waals surface area contributed by atoms with Gasteiger partial charge in [0.15, 0.2) is 0 Å². The first-order valence-electron chi connectivity index (χ1n) is 13.3. The van der Waals surface area contributed by atoms with E-state index in [0.717, 1.165) is 45.6 Å². The molecule has 11 heteroatoms. The van der Waals surface area contributed by atoms with Crippen molar-refractivity contribution < 1.29 is 18.0 Å². The average Bonchev–Trinajstić information content (AvgIpc) is 3.44. The molecule has 0 saturated heterocycles. The first-order valence-corrected chi connectivity index (χ1v) is 16.3. The number of sulfonamides is 1. The second kappa shape index (κ2) is 13.6. The van der Waals surface area contributed by atoms with Crippen molar-refractivity contribution in [1.82, 2.24) is 10.2 Å². The maximum Gasteiger partial charge on any atom is 0.264 e. The van der Waals surface area contributed by atoms with Crippen molar-refractivity contribution >= 4 is 66.7 Å². The molecule has 3 aromatic rings. The molecule has 218 valence electrons. The summed E-state index contributed by atoms with van der Waals surface area (Å²) in [5, 5.41) is 3.44. The van der Waals surface area contributed by atoms with Crippen molar-refractivity contribution in [3.63, 3.8) is 0 Å². The Morgan fingerprint density at radius 2 is 1.71 bits per heavy atom. The number of carbonyl (C=O) groups excluding carboxylic acids is 2. The Bertz CT molecular complexity index is 1510. The summed E-state index contributed by atoms with van der Waals surface area (Å²) in [7, 11) is -4.25. The van der Waals surface area contributed by atoms with E-state index in [1.165, 1.54) is 29.2 Å². The third-order valence-electron chi connectivity index (χ3n) is 7.18. The van der Waals surface area contributed by atoms with Gasteiger partial charge in [-0.1, -0.05) is 81.8 Å². The highest BCUT2D eigenvalue weighted by atomic mass is 79.9. The van der Waals surface area contributed by atoms with Crippen LogP contribution in [0.4, 0.5) is 5.69 Å². The molecule has 0 aliphatic heterocycles. The summed E-state index contributed by atoms with van der Waals surface area (Å²) in [5.41, 5.74) is 1.73. The highest BCUT2D eigenvalue weighted by Gasteiger charge is 2.34. The molecule has 0 spiro atoms. The number of rotatable bonds is 10. The zero-order valence-electron chi connectivity index (χ0n) is 22.8. The van der Waals surface area contributed by atoms with E-state index in [-0.39, 0.29) is 39.1 Å². The molecular weight excluding hydrogens is 649 g/mol. The molecule has 1 aliphatic carbocycles. The average molecular weight is 681 g/mol. The van der Waals surface area contributed by atoms with Crippen LogP contribution in [0.2, 0.25) is 10.0 Å². The third kappa shape index (κ3) is 7.83. The van der Waals surface area contributed by atoms with Crippen LogP contribution in [0.3, 0.4) is 0 Å². The number of nitrogens with zero attached hydrogens (tertiary/aromatic N) is 2. The number of amides is 2. The van der Waals surface area contributed by atoms with Crippen molar-refractivity contribution in [3.8, 4) is 0 Å². The van der Waals surface area contributed by atoms with E-state index >= 15 is 0 Å². The lowest BCUT2D eigenvalue weighted by molar-refractivity contribution is -0.139. The molecule has 1 aliphatic rings. The van der Waals surface area contributed by atoms with Crippen LogP contribution in [0.15, 0.2) is 76.1 Å². The van der Waals surface area contributed by atoms with Crippen LogP contribution in [0.5, 0.6) is 0 Å². The Morgan fingerprint density at radius 1 is 1.02 bits per heavy atom. The van der Waals surface area contributed by atoms with Gasteiger partial charge in [-0.05, 0) is 74.7 Å². The molecule has 7 nitrogen and oxygen atoms in total. The van der Waals surface area contributed by atoms with Crippen LogP contribution in [-0.4, -0.2) is 43.8 Å². The molecule has 0 unspecified atom stereocenters. The molecule has 3 aromatic carbocycles. The van der Waals surface area contributed by atoms with E-state index < -0.39 is 28.5 Å². The maximum atomic E-state index is 14.1. The van der Waals surface area contributed by atoms with Gasteiger partial charge in [-0.25, -0.2) is 8.42 Å². The maximum absolute atomic E-state index is 14.1. The molecule has 2 amide bonds. The monoisotopic (exact) mass is 679 g/mol. The van der Waals surface area contributed by atoms with Crippen LogP contribution in [0, 0.1) is 6.92 Å². The van der Waals surface area contributed by atoms with Gasteiger partial charge in [0.1, 0.15) is 12.6 Å². The largest absolute Gasteiger partial charge is 0.352 e. The molecule has 1 N–H and O–H groups in total.